The van der Waals surface area contributed by atoms with Crippen molar-refractivity contribution < 1.29 is 5.11 Å². The van der Waals surface area contributed by atoms with E-state index >= 15 is 0 Å². The fraction of sp³-hybridized carbons (Fsp3) is 0.625. The molecule has 1 aromatic carbocycles. The Hall–Kier alpha value is -0.980. The molecule has 0 aliphatic heterocycles. The quantitative estimate of drug-likeness (QED) is 0.703. The lowest BCUT2D eigenvalue weighted by Crippen LogP contribution is -1.92. The van der Waals surface area contributed by atoms with Gasteiger partial charge in [0.15, 0.2) is 0 Å². The predicted octanol–water partition coefficient (Wildman–Crippen LogP) is 4.77. The summed E-state index contributed by atoms with van der Waals surface area (Å²) in [6.45, 7) is 8.62. The highest BCUT2D eigenvalue weighted by Crippen LogP contribution is 2.25. The molecule has 1 rings (SSSR count). The molecule has 0 aliphatic carbocycles. The Bertz CT molecular complexity index is 353. The summed E-state index contributed by atoms with van der Waals surface area (Å²) in [5.41, 5.74) is 3.37. The van der Waals surface area contributed by atoms with Crippen molar-refractivity contribution in [1.82, 2.24) is 0 Å². The molecule has 0 aromatic heterocycles. The molecule has 0 saturated carbocycles. The van der Waals surface area contributed by atoms with Crippen molar-refractivity contribution in [2.75, 3.05) is 0 Å². The van der Waals surface area contributed by atoms with Crippen LogP contribution in [0.15, 0.2) is 12.1 Å². The second-order valence-electron chi connectivity index (χ2n) is 5.58. The van der Waals surface area contributed by atoms with Gasteiger partial charge in [-0.25, -0.2) is 0 Å². The number of aromatic hydroxyl groups is 1. The minimum absolute atomic E-state index is 0.499. The van der Waals surface area contributed by atoms with Crippen LogP contribution in [-0.2, 0) is 6.42 Å². The maximum atomic E-state index is 9.97. The normalized spacial score (nSPS) is 11.1. The molecule has 0 heterocycles. The van der Waals surface area contributed by atoms with Gasteiger partial charge in [-0.2, -0.15) is 0 Å². The number of phenols is 1. The van der Waals surface area contributed by atoms with Crippen molar-refractivity contribution >= 4 is 0 Å². The van der Waals surface area contributed by atoms with Gasteiger partial charge in [-0.05, 0) is 43.7 Å². The number of benzene rings is 1. The molecule has 1 nitrogen and oxygen atoms in total. The lowest BCUT2D eigenvalue weighted by molar-refractivity contribution is 0.460. The van der Waals surface area contributed by atoms with Gasteiger partial charge in [0, 0.05) is 0 Å². The molecule has 0 spiro atoms. The first-order valence-corrected chi connectivity index (χ1v) is 6.79. The van der Waals surface area contributed by atoms with Crippen LogP contribution in [0.5, 0.6) is 5.75 Å². The summed E-state index contributed by atoms with van der Waals surface area (Å²) in [6, 6.07) is 4.16. The van der Waals surface area contributed by atoms with E-state index in [2.05, 4.69) is 26.8 Å². The first-order valence-electron chi connectivity index (χ1n) is 6.79. The Kier molecular flexibility index (Phi) is 5.54. The number of rotatable bonds is 6. The zero-order chi connectivity index (χ0) is 12.8. The molecule has 96 valence electrons. The van der Waals surface area contributed by atoms with Crippen LogP contribution in [0.25, 0.3) is 0 Å². The van der Waals surface area contributed by atoms with E-state index in [1.165, 1.54) is 31.2 Å². The average Bonchev–Trinajstić information content (AvgIpc) is 2.23. The third kappa shape index (κ3) is 4.80. The first kappa shape index (κ1) is 14.1. The summed E-state index contributed by atoms with van der Waals surface area (Å²) in [4.78, 5) is 0. The maximum Gasteiger partial charge on any atom is 0.121 e. The van der Waals surface area contributed by atoms with E-state index in [1.54, 1.807) is 0 Å². The summed E-state index contributed by atoms with van der Waals surface area (Å²) < 4.78 is 0. The van der Waals surface area contributed by atoms with Crippen molar-refractivity contribution in [2.24, 2.45) is 5.92 Å². The summed E-state index contributed by atoms with van der Waals surface area (Å²) in [7, 11) is 0. The molecular formula is C16H26O. The molecular weight excluding hydrogens is 208 g/mol. The molecule has 0 atom stereocenters. The summed E-state index contributed by atoms with van der Waals surface area (Å²) in [6.07, 6.45) is 6.09. The van der Waals surface area contributed by atoms with Gasteiger partial charge in [0.2, 0.25) is 0 Å². The van der Waals surface area contributed by atoms with Crippen molar-refractivity contribution in [3.63, 3.8) is 0 Å². The molecule has 0 radical (unpaired) electrons. The summed E-state index contributed by atoms with van der Waals surface area (Å²) in [5.74, 6) is 1.31. The van der Waals surface area contributed by atoms with Gasteiger partial charge in [0.05, 0.1) is 0 Å². The molecule has 0 aliphatic rings. The molecule has 0 unspecified atom stereocenters. The second-order valence-corrected chi connectivity index (χ2v) is 5.58. The first-order chi connectivity index (χ1) is 8.00. The van der Waals surface area contributed by atoms with Crippen LogP contribution in [0.1, 0.15) is 56.2 Å². The van der Waals surface area contributed by atoms with Crippen LogP contribution in [0.2, 0.25) is 0 Å². The topological polar surface area (TPSA) is 20.2 Å². The number of hydrogen-bond donors (Lipinski definition) is 1. The third-order valence-electron chi connectivity index (χ3n) is 3.25. The molecule has 1 N–H and O–H groups in total. The smallest absolute Gasteiger partial charge is 0.121 e. The van der Waals surface area contributed by atoms with Crippen LogP contribution in [0.4, 0.5) is 0 Å². The highest BCUT2D eigenvalue weighted by atomic mass is 16.3. The van der Waals surface area contributed by atoms with Crippen molar-refractivity contribution in [1.29, 1.82) is 0 Å². The summed E-state index contributed by atoms with van der Waals surface area (Å²) >= 11 is 0. The third-order valence-corrected chi connectivity index (χ3v) is 3.25. The number of phenolic OH excluding ortho intramolecular Hbond substituents is 1. The summed E-state index contributed by atoms with van der Waals surface area (Å²) in [5, 5.41) is 9.97. The van der Waals surface area contributed by atoms with Gasteiger partial charge < -0.3 is 5.11 Å². The standard InChI is InChI=1S/C16H26O/c1-12(2)8-6-5-7-9-15-11-13(3)10-14(4)16(15)17/h10-12,17H,5-9H2,1-4H3. The van der Waals surface area contributed by atoms with Crippen molar-refractivity contribution in [2.45, 2.75) is 59.8 Å². The van der Waals surface area contributed by atoms with E-state index in [0.29, 0.717) is 5.75 Å². The van der Waals surface area contributed by atoms with Gasteiger partial charge in [-0.1, -0.05) is 50.8 Å². The minimum Gasteiger partial charge on any atom is -0.507 e. The van der Waals surface area contributed by atoms with Crippen LogP contribution in [-0.4, -0.2) is 5.11 Å². The average molecular weight is 234 g/mol. The van der Waals surface area contributed by atoms with Gasteiger partial charge in [-0.3, -0.25) is 0 Å². The predicted molar refractivity (Wildman–Crippen MR) is 74.6 cm³/mol. The monoisotopic (exact) mass is 234 g/mol. The van der Waals surface area contributed by atoms with Crippen molar-refractivity contribution in [3.8, 4) is 5.75 Å². The van der Waals surface area contributed by atoms with Crippen LogP contribution in [0.3, 0.4) is 0 Å². The Morgan fingerprint density at radius 1 is 1.06 bits per heavy atom. The second kappa shape index (κ2) is 6.68. The largest absolute Gasteiger partial charge is 0.507 e. The molecule has 0 bridgehead atoms. The van der Waals surface area contributed by atoms with E-state index in [1.807, 2.05) is 13.0 Å². The molecule has 1 heteroatoms. The number of unbranched alkanes of at least 4 members (excludes halogenated alkanes) is 2. The highest BCUT2D eigenvalue weighted by molar-refractivity contribution is 5.42. The van der Waals surface area contributed by atoms with E-state index in [9.17, 15) is 5.11 Å². The van der Waals surface area contributed by atoms with E-state index in [-0.39, 0.29) is 0 Å². The zero-order valence-electron chi connectivity index (χ0n) is 11.7. The number of hydrogen-bond acceptors (Lipinski definition) is 1. The highest BCUT2D eigenvalue weighted by Gasteiger charge is 2.05. The minimum atomic E-state index is 0.499. The Morgan fingerprint density at radius 3 is 2.41 bits per heavy atom. The van der Waals surface area contributed by atoms with Gasteiger partial charge in [0.25, 0.3) is 0 Å². The van der Waals surface area contributed by atoms with E-state index < -0.39 is 0 Å². The Labute approximate surface area is 106 Å². The molecule has 0 amide bonds. The van der Waals surface area contributed by atoms with Crippen LogP contribution >= 0.6 is 0 Å². The van der Waals surface area contributed by atoms with Gasteiger partial charge >= 0.3 is 0 Å². The van der Waals surface area contributed by atoms with Crippen molar-refractivity contribution in [3.05, 3.63) is 28.8 Å². The SMILES string of the molecule is Cc1cc(C)c(O)c(CCCCCC(C)C)c1. The Balaban J connectivity index is 2.41. The van der Waals surface area contributed by atoms with E-state index in [0.717, 1.165) is 23.5 Å². The molecule has 1 aromatic rings. The Morgan fingerprint density at radius 2 is 1.76 bits per heavy atom. The van der Waals surface area contributed by atoms with Gasteiger partial charge in [0.1, 0.15) is 5.75 Å². The molecule has 0 fully saturated rings. The molecule has 0 saturated heterocycles. The zero-order valence-corrected chi connectivity index (χ0v) is 11.7. The van der Waals surface area contributed by atoms with Crippen LogP contribution in [0, 0.1) is 19.8 Å². The lowest BCUT2D eigenvalue weighted by Gasteiger charge is -2.09. The fourth-order valence-electron chi connectivity index (χ4n) is 2.28. The van der Waals surface area contributed by atoms with E-state index in [4.69, 9.17) is 0 Å². The maximum absolute atomic E-state index is 9.97. The lowest BCUT2D eigenvalue weighted by atomic mass is 9.99. The fourth-order valence-corrected chi connectivity index (χ4v) is 2.28. The van der Waals surface area contributed by atoms with Crippen LogP contribution < -0.4 is 0 Å². The number of aryl methyl sites for hydroxylation is 3. The molecule has 17 heavy (non-hydrogen) atoms. The van der Waals surface area contributed by atoms with Gasteiger partial charge in [-0.15, -0.1) is 0 Å².